The van der Waals surface area contributed by atoms with Gasteiger partial charge in [0.2, 0.25) is 0 Å². The first-order valence-corrected chi connectivity index (χ1v) is 7.83. The van der Waals surface area contributed by atoms with Crippen molar-refractivity contribution in [2.24, 2.45) is 0 Å². The second-order valence-corrected chi connectivity index (χ2v) is 6.16. The third kappa shape index (κ3) is 2.94. The SMILES string of the molecule is Fc1ccccc1C1CNCCC1c1cccc(Cl)c1Cl. The van der Waals surface area contributed by atoms with Gasteiger partial charge in [-0.15, -0.1) is 0 Å². The summed E-state index contributed by atoms with van der Waals surface area (Å²) in [5.41, 5.74) is 1.75. The van der Waals surface area contributed by atoms with Crippen molar-refractivity contribution in [3.05, 3.63) is 69.5 Å². The first-order chi connectivity index (χ1) is 10.2. The number of piperidine rings is 1. The van der Waals surface area contributed by atoms with Crippen molar-refractivity contribution in [1.29, 1.82) is 0 Å². The van der Waals surface area contributed by atoms with E-state index in [1.165, 1.54) is 6.07 Å². The van der Waals surface area contributed by atoms with Gasteiger partial charge in [0.1, 0.15) is 5.82 Å². The van der Waals surface area contributed by atoms with Crippen molar-refractivity contribution in [2.75, 3.05) is 13.1 Å². The molecule has 1 N–H and O–H groups in total. The Morgan fingerprint density at radius 1 is 0.952 bits per heavy atom. The van der Waals surface area contributed by atoms with E-state index in [-0.39, 0.29) is 17.7 Å². The summed E-state index contributed by atoms with van der Waals surface area (Å²) in [6.07, 6.45) is 0.916. The predicted molar refractivity (Wildman–Crippen MR) is 85.8 cm³/mol. The van der Waals surface area contributed by atoms with Gasteiger partial charge in [0.15, 0.2) is 0 Å². The Morgan fingerprint density at radius 2 is 1.71 bits per heavy atom. The van der Waals surface area contributed by atoms with Crippen LogP contribution in [0, 0.1) is 5.82 Å². The van der Waals surface area contributed by atoms with Crippen LogP contribution in [0.1, 0.15) is 29.4 Å². The summed E-state index contributed by atoms with van der Waals surface area (Å²) in [6.45, 7) is 1.65. The molecule has 1 saturated heterocycles. The van der Waals surface area contributed by atoms with Gasteiger partial charge in [-0.05, 0) is 42.1 Å². The Bertz CT molecular complexity index is 644. The molecule has 2 unspecified atom stereocenters. The minimum Gasteiger partial charge on any atom is -0.316 e. The minimum absolute atomic E-state index is 0.0657. The topological polar surface area (TPSA) is 12.0 Å². The highest BCUT2D eigenvalue weighted by Crippen LogP contribution is 2.42. The van der Waals surface area contributed by atoms with Crippen molar-refractivity contribution in [3.63, 3.8) is 0 Å². The molecule has 0 spiro atoms. The van der Waals surface area contributed by atoms with Gasteiger partial charge in [-0.2, -0.15) is 0 Å². The lowest BCUT2D eigenvalue weighted by Gasteiger charge is -2.33. The molecule has 0 saturated carbocycles. The summed E-state index contributed by atoms with van der Waals surface area (Å²) in [6, 6.07) is 12.7. The Hall–Kier alpha value is -1.09. The molecule has 0 amide bonds. The van der Waals surface area contributed by atoms with Crippen molar-refractivity contribution in [3.8, 4) is 0 Å². The smallest absolute Gasteiger partial charge is 0.126 e. The molecule has 0 radical (unpaired) electrons. The molecule has 4 heteroatoms. The Labute approximate surface area is 134 Å². The number of halogens is 3. The molecule has 21 heavy (non-hydrogen) atoms. The fourth-order valence-corrected chi connectivity index (χ4v) is 3.59. The Morgan fingerprint density at radius 3 is 2.52 bits per heavy atom. The summed E-state index contributed by atoms with van der Waals surface area (Å²) in [7, 11) is 0. The molecule has 2 aromatic carbocycles. The molecule has 1 heterocycles. The highest BCUT2D eigenvalue weighted by molar-refractivity contribution is 6.42. The molecule has 3 rings (SSSR count). The molecule has 0 bridgehead atoms. The number of nitrogens with one attached hydrogen (secondary N) is 1. The first-order valence-electron chi connectivity index (χ1n) is 7.07. The zero-order valence-electron chi connectivity index (χ0n) is 11.5. The summed E-state index contributed by atoms with van der Waals surface area (Å²) in [5, 5.41) is 4.50. The van der Waals surface area contributed by atoms with Gasteiger partial charge in [-0.25, -0.2) is 4.39 Å². The van der Waals surface area contributed by atoms with Gasteiger partial charge >= 0.3 is 0 Å². The van der Waals surface area contributed by atoms with Gasteiger partial charge in [-0.1, -0.05) is 53.5 Å². The molecule has 0 aromatic heterocycles. The van der Waals surface area contributed by atoms with Crippen LogP contribution in [0.5, 0.6) is 0 Å². The van der Waals surface area contributed by atoms with Crippen LogP contribution in [0.15, 0.2) is 42.5 Å². The fourth-order valence-electron chi connectivity index (χ4n) is 3.14. The van der Waals surface area contributed by atoms with Crippen molar-refractivity contribution < 1.29 is 4.39 Å². The monoisotopic (exact) mass is 323 g/mol. The molecule has 2 atom stereocenters. The van der Waals surface area contributed by atoms with Crippen LogP contribution in [-0.4, -0.2) is 13.1 Å². The van der Waals surface area contributed by atoms with Gasteiger partial charge < -0.3 is 5.32 Å². The second kappa shape index (κ2) is 6.35. The normalized spacial score (nSPS) is 22.2. The largest absolute Gasteiger partial charge is 0.316 e. The number of hydrogen-bond acceptors (Lipinski definition) is 1. The third-order valence-electron chi connectivity index (χ3n) is 4.17. The van der Waals surface area contributed by atoms with Crippen LogP contribution in [0.2, 0.25) is 10.0 Å². The lowest BCUT2D eigenvalue weighted by Crippen LogP contribution is -2.34. The van der Waals surface area contributed by atoms with Crippen LogP contribution in [0.25, 0.3) is 0 Å². The number of hydrogen-bond donors (Lipinski definition) is 1. The third-order valence-corrected chi connectivity index (χ3v) is 5.00. The van der Waals surface area contributed by atoms with E-state index in [1.54, 1.807) is 12.1 Å². The van der Waals surface area contributed by atoms with Crippen molar-refractivity contribution in [2.45, 2.75) is 18.3 Å². The molecule has 0 aliphatic carbocycles. The molecular formula is C17H16Cl2FN. The summed E-state index contributed by atoms with van der Waals surface area (Å²) < 4.78 is 14.2. The molecule has 110 valence electrons. The Kier molecular flexibility index (Phi) is 4.48. The van der Waals surface area contributed by atoms with Crippen molar-refractivity contribution >= 4 is 23.2 Å². The molecule has 1 fully saturated rings. The summed E-state index contributed by atoms with van der Waals surface area (Å²) in [4.78, 5) is 0. The lowest BCUT2D eigenvalue weighted by molar-refractivity contribution is 0.394. The van der Waals surface area contributed by atoms with Gasteiger partial charge in [-0.3, -0.25) is 0 Å². The molecule has 1 nitrogen and oxygen atoms in total. The van der Waals surface area contributed by atoms with Gasteiger partial charge in [0.05, 0.1) is 10.0 Å². The van der Waals surface area contributed by atoms with E-state index in [1.807, 2.05) is 24.3 Å². The molecule has 2 aromatic rings. The fraction of sp³-hybridized carbons (Fsp3) is 0.294. The van der Waals surface area contributed by atoms with Crippen LogP contribution in [0.4, 0.5) is 4.39 Å². The first kappa shape index (κ1) is 14.8. The highest BCUT2D eigenvalue weighted by atomic mass is 35.5. The van der Waals surface area contributed by atoms with E-state index in [4.69, 9.17) is 23.2 Å². The lowest BCUT2D eigenvalue weighted by atomic mass is 9.77. The highest BCUT2D eigenvalue weighted by Gasteiger charge is 2.31. The van der Waals surface area contributed by atoms with Gasteiger partial charge in [0, 0.05) is 12.5 Å². The van der Waals surface area contributed by atoms with Crippen molar-refractivity contribution in [1.82, 2.24) is 5.32 Å². The standard InChI is InChI=1S/C17H16Cl2FN/c18-15-6-3-5-13(17(15)19)11-8-9-21-10-14(11)12-4-1-2-7-16(12)20/h1-7,11,14,21H,8-10H2. The predicted octanol–water partition coefficient (Wildman–Crippen LogP) is 4.99. The van der Waals surface area contributed by atoms with E-state index in [2.05, 4.69) is 5.32 Å². The van der Waals surface area contributed by atoms with Crippen LogP contribution in [-0.2, 0) is 0 Å². The zero-order valence-corrected chi connectivity index (χ0v) is 13.0. The van der Waals surface area contributed by atoms with Crippen LogP contribution >= 0.6 is 23.2 Å². The maximum atomic E-state index is 14.2. The molecule has 1 aliphatic rings. The van der Waals surface area contributed by atoms with E-state index in [9.17, 15) is 4.39 Å². The maximum absolute atomic E-state index is 14.2. The molecular weight excluding hydrogens is 308 g/mol. The quantitative estimate of drug-likeness (QED) is 0.820. The van der Waals surface area contributed by atoms with E-state index < -0.39 is 0 Å². The average molecular weight is 324 g/mol. The van der Waals surface area contributed by atoms with E-state index in [0.717, 1.165) is 30.6 Å². The zero-order chi connectivity index (χ0) is 14.8. The number of benzene rings is 2. The van der Waals surface area contributed by atoms with E-state index >= 15 is 0 Å². The summed E-state index contributed by atoms with van der Waals surface area (Å²) in [5.74, 6) is 0.0830. The van der Waals surface area contributed by atoms with E-state index in [0.29, 0.717) is 10.0 Å². The number of rotatable bonds is 2. The molecule has 1 aliphatic heterocycles. The average Bonchev–Trinajstić information content (AvgIpc) is 2.51. The maximum Gasteiger partial charge on any atom is 0.126 e. The summed E-state index contributed by atoms with van der Waals surface area (Å²) >= 11 is 12.5. The van der Waals surface area contributed by atoms with Crippen LogP contribution in [0.3, 0.4) is 0 Å². The minimum atomic E-state index is -0.158. The second-order valence-electron chi connectivity index (χ2n) is 5.37. The van der Waals surface area contributed by atoms with Gasteiger partial charge in [0.25, 0.3) is 0 Å². The van der Waals surface area contributed by atoms with Crippen LogP contribution < -0.4 is 5.32 Å². The Balaban J connectivity index is 2.03.